The molecule has 0 radical (unpaired) electrons. The zero-order valence-electron chi connectivity index (χ0n) is 9.94. The van der Waals surface area contributed by atoms with Crippen molar-refractivity contribution in [2.45, 2.75) is 12.1 Å². The minimum Gasteiger partial charge on any atom is -0.400 e. The van der Waals surface area contributed by atoms with Gasteiger partial charge in [0.05, 0.1) is 0 Å². The van der Waals surface area contributed by atoms with Gasteiger partial charge in [-0.05, 0) is 6.04 Å². The minimum absolute atomic E-state index is 0. The molecular weight excluding hydrogens is 256 g/mol. The van der Waals surface area contributed by atoms with Crippen molar-refractivity contribution >= 4 is 30.5 Å². The van der Waals surface area contributed by atoms with Crippen LogP contribution in [0.1, 0.15) is 0 Å². The van der Waals surface area contributed by atoms with Crippen LogP contribution in [-0.2, 0) is 22.1 Å². The summed E-state index contributed by atoms with van der Waals surface area (Å²) in [4.78, 5) is 0. The third-order valence-electron chi connectivity index (χ3n) is 2.15. The lowest BCUT2D eigenvalue weighted by Gasteiger charge is -2.25. The van der Waals surface area contributed by atoms with E-state index in [2.05, 4.69) is 0 Å². The summed E-state index contributed by atoms with van der Waals surface area (Å²) in [5, 5.41) is 0. The third kappa shape index (κ3) is 5.98. The number of hydrogen-bond acceptors (Lipinski definition) is 5. The molecule has 0 heterocycles. The lowest BCUT2D eigenvalue weighted by molar-refractivity contribution is 0.124. The Morgan fingerprint density at radius 3 is 1.53 bits per heavy atom. The molecule has 0 aromatic rings. The second-order valence-corrected chi connectivity index (χ2v) is 8.21. The van der Waals surface area contributed by atoms with E-state index in [4.69, 9.17) is 22.1 Å². The molecule has 0 atom stereocenters. The van der Waals surface area contributed by atoms with Gasteiger partial charge in [-0.2, -0.15) is 0 Å². The van der Waals surface area contributed by atoms with Crippen LogP contribution >= 0.6 is 12.4 Å². The van der Waals surface area contributed by atoms with Crippen LogP contribution in [0.5, 0.6) is 0 Å². The molecular formula is C7H21ClO5Si2. The number of rotatable bonds is 8. The van der Waals surface area contributed by atoms with Crippen LogP contribution in [-0.4, -0.2) is 53.6 Å². The Labute approximate surface area is 101 Å². The van der Waals surface area contributed by atoms with Gasteiger partial charge in [0.1, 0.15) is 0 Å². The zero-order chi connectivity index (χ0) is 11.0. The summed E-state index contributed by atoms with van der Waals surface area (Å²) in [7, 11) is 4.17. The van der Waals surface area contributed by atoms with Gasteiger partial charge in [0.15, 0.2) is 0 Å². The van der Waals surface area contributed by atoms with Crippen LogP contribution in [0.2, 0.25) is 12.1 Å². The molecule has 0 aliphatic rings. The summed E-state index contributed by atoms with van der Waals surface area (Å²) in [5.74, 6) is 0. The lowest BCUT2D eigenvalue weighted by atomic mass is 11.0. The Kier molecular flexibility index (Phi) is 11.6. The second kappa shape index (κ2) is 9.73. The average molecular weight is 277 g/mol. The predicted molar refractivity (Wildman–Crippen MR) is 64.8 cm³/mol. The van der Waals surface area contributed by atoms with Crippen LogP contribution in [0.4, 0.5) is 0 Å². The van der Waals surface area contributed by atoms with Crippen molar-refractivity contribution in [1.29, 1.82) is 0 Å². The fourth-order valence-electron chi connectivity index (χ4n) is 1.18. The van der Waals surface area contributed by atoms with Crippen LogP contribution in [0.25, 0.3) is 0 Å². The van der Waals surface area contributed by atoms with E-state index in [9.17, 15) is 0 Å². The van der Waals surface area contributed by atoms with Gasteiger partial charge in [0, 0.05) is 41.6 Å². The van der Waals surface area contributed by atoms with Gasteiger partial charge in [-0.15, -0.1) is 12.4 Å². The maximum absolute atomic E-state index is 5.28. The quantitative estimate of drug-likeness (QED) is 0.614. The van der Waals surface area contributed by atoms with E-state index in [-0.39, 0.29) is 12.4 Å². The molecule has 0 spiro atoms. The van der Waals surface area contributed by atoms with Gasteiger partial charge in [0.25, 0.3) is 0 Å². The van der Waals surface area contributed by atoms with E-state index >= 15 is 0 Å². The third-order valence-corrected chi connectivity index (χ3v) is 7.30. The van der Waals surface area contributed by atoms with Gasteiger partial charge in [-0.3, -0.25) is 0 Å². The van der Waals surface area contributed by atoms with Gasteiger partial charge in [-0.1, -0.05) is 0 Å². The summed E-state index contributed by atoms with van der Waals surface area (Å²) in [6, 6.07) is 1.56. The summed E-state index contributed by atoms with van der Waals surface area (Å²) in [6.07, 6.45) is 0. The van der Waals surface area contributed by atoms with E-state index in [1.807, 2.05) is 0 Å². The first kappa shape index (κ1) is 17.9. The monoisotopic (exact) mass is 276 g/mol. The molecule has 15 heavy (non-hydrogen) atoms. The van der Waals surface area contributed by atoms with Crippen LogP contribution < -0.4 is 0 Å². The normalized spacial score (nSPS) is 11.6. The maximum atomic E-state index is 5.28. The summed E-state index contributed by atoms with van der Waals surface area (Å²) < 4.78 is 26.2. The Morgan fingerprint density at radius 1 is 0.867 bits per heavy atom. The molecule has 0 saturated carbocycles. The van der Waals surface area contributed by atoms with Crippen molar-refractivity contribution < 1.29 is 22.1 Å². The van der Waals surface area contributed by atoms with Crippen molar-refractivity contribution in [3.8, 4) is 0 Å². The molecule has 0 amide bonds. The van der Waals surface area contributed by atoms with E-state index in [0.29, 0.717) is 0 Å². The van der Waals surface area contributed by atoms with Crippen LogP contribution in [0.3, 0.4) is 0 Å². The van der Waals surface area contributed by atoms with E-state index in [1.165, 1.54) is 0 Å². The SMILES string of the molecule is CO[SiH](CC[Si](OC)(OC)OC)OC.Cl. The molecule has 0 aliphatic heterocycles. The van der Waals surface area contributed by atoms with Crippen LogP contribution in [0, 0.1) is 0 Å². The topological polar surface area (TPSA) is 46.2 Å². The van der Waals surface area contributed by atoms with Crippen molar-refractivity contribution in [1.82, 2.24) is 0 Å². The smallest absolute Gasteiger partial charge is 0.400 e. The highest BCUT2D eigenvalue weighted by atomic mass is 35.5. The highest BCUT2D eigenvalue weighted by molar-refractivity contribution is 6.62. The molecule has 0 saturated heterocycles. The Balaban J connectivity index is 0. The number of halogens is 1. The van der Waals surface area contributed by atoms with E-state index < -0.39 is 18.1 Å². The Hall–Kier alpha value is 0.524. The first-order valence-corrected chi connectivity index (χ1v) is 8.08. The van der Waals surface area contributed by atoms with Crippen LogP contribution in [0.15, 0.2) is 0 Å². The largest absolute Gasteiger partial charge is 0.500 e. The molecule has 0 bridgehead atoms. The Morgan fingerprint density at radius 2 is 1.27 bits per heavy atom. The second-order valence-electron chi connectivity index (χ2n) is 2.74. The average Bonchev–Trinajstić information content (AvgIpc) is 2.26. The van der Waals surface area contributed by atoms with E-state index in [1.54, 1.807) is 35.5 Å². The molecule has 0 N–H and O–H groups in total. The van der Waals surface area contributed by atoms with Crippen molar-refractivity contribution in [2.75, 3.05) is 35.5 Å². The molecule has 0 aromatic heterocycles. The molecule has 5 nitrogen and oxygen atoms in total. The van der Waals surface area contributed by atoms with E-state index in [0.717, 1.165) is 12.1 Å². The summed E-state index contributed by atoms with van der Waals surface area (Å²) >= 11 is 0. The van der Waals surface area contributed by atoms with Gasteiger partial charge < -0.3 is 22.1 Å². The predicted octanol–water partition coefficient (Wildman–Crippen LogP) is 0.800. The van der Waals surface area contributed by atoms with Gasteiger partial charge in [-0.25, -0.2) is 0 Å². The fraction of sp³-hybridized carbons (Fsp3) is 1.00. The first-order valence-electron chi connectivity index (χ1n) is 4.39. The minimum atomic E-state index is -2.44. The summed E-state index contributed by atoms with van der Waals surface area (Å²) in [6.45, 7) is 0. The maximum Gasteiger partial charge on any atom is 0.500 e. The van der Waals surface area contributed by atoms with Gasteiger partial charge in [0.2, 0.25) is 0 Å². The van der Waals surface area contributed by atoms with Crippen molar-refractivity contribution in [2.24, 2.45) is 0 Å². The highest BCUT2D eigenvalue weighted by Gasteiger charge is 2.38. The first-order chi connectivity index (χ1) is 6.67. The molecule has 8 heteroatoms. The fourth-order valence-corrected chi connectivity index (χ4v) is 5.32. The molecule has 0 fully saturated rings. The lowest BCUT2D eigenvalue weighted by Crippen LogP contribution is -2.43. The number of hydrogen-bond donors (Lipinski definition) is 0. The molecule has 0 aromatic carbocycles. The highest BCUT2D eigenvalue weighted by Crippen LogP contribution is 2.17. The Bertz CT molecular complexity index is 135. The molecule has 0 aliphatic carbocycles. The van der Waals surface area contributed by atoms with Crippen molar-refractivity contribution in [3.05, 3.63) is 0 Å². The zero-order valence-corrected chi connectivity index (χ0v) is 12.9. The molecule has 0 unspecified atom stereocenters. The standard InChI is InChI=1S/C7H20O5Si2.ClH/c1-8-13(9-2)6-7-14(10-3,11-4)12-5;/h13H,6-7H2,1-5H3;1H. The molecule has 0 rings (SSSR count). The van der Waals surface area contributed by atoms with Crippen molar-refractivity contribution in [3.63, 3.8) is 0 Å². The molecule has 94 valence electrons. The van der Waals surface area contributed by atoms with Gasteiger partial charge >= 0.3 is 18.1 Å². The summed E-state index contributed by atoms with van der Waals surface area (Å²) in [5.41, 5.74) is 0.